The minimum Gasteiger partial charge on any atom is -0.382 e. The molecule has 2 rings (SSSR count). The third-order valence-electron chi connectivity index (χ3n) is 2.93. The van der Waals surface area contributed by atoms with Crippen LogP contribution in [-0.2, 0) is 9.47 Å². The topological polar surface area (TPSA) is 70.5 Å². The van der Waals surface area contributed by atoms with Crippen LogP contribution in [0.5, 0.6) is 0 Å². The van der Waals surface area contributed by atoms with Gasteiger partial charge in [-0.25, -0.2) is 0 Å². The molecule has 0 radical (unpaired) electrons. The molecule has 0 aliphatic carbocycles. The van der Waals surface area contributed by atoms with Gasteiger partial charge in [0.2, 0.25) is 11.9 Å². The van der Waals surface area contributed by atoms with Crippen molar-refractivity contribution in [3.63, 3.8) is 0 Å². The van der Waals surface area contributed by atoms with E-state index in [0.29, 0.717) is 13.2 Å². The molecule has 0 aromatic heterocycles. The van der Waals surface area contributed by atoms with Crippen LogP contribution < -0.4 is 10.6 Å². The van der Waals surface area contributed by atoms with Gasteiger partial charge in [-0.05, 0) is 6.42 Å². The Morgan fingerprint density at radius 2 is 2.21 bits per heavy atom. The number of hydrogen-bond donors (Lipinski definition) is 2. The Labute approximate surface area is 114 Å². The van der Waals surface area contributed by atoms with E-state index in [1.807, 2.05) is 0 Å². The van der Waals surface area contributed by atoms with Gasteiger partial charge in [-0.1, -0.05) is 0 Å². The fraction of sp³-hybridized carbons (Fsp3) is 0.833. The van der Waals surface area contributed by atoms with Crippen LogP contribution >= 0.6 is 0 Å². The van der Waals surface area contributed by atoms with Crippen LogP contribution in [0.2, 0.25) is 0 Å². The first-order valence-electron chi connectivity index (χ1n) is 6.82. The van der Waals surface area contributed by atoms with E-state index in [2.05, 4.69) is 25.5 Å². The van der Waals surface area contributed by atoms with E-state index in [4.69, 9.17) is 9.47 Å². The van der Waals surface area contributed by atoms with Gasteiger partial charge in [0.15, 0.2) is 0 Å². The summed E-state index contributed by atoms with van der Waals surface area (Å²) in [6.07, 6.45) is 0.955. The van der Waals surface area contributed by atoms with Crippen LogP contribution in [0.3, 0.4) is 0 Å². The van der Waals surface area contributed by atoms with Crippen molar-refractivity contribution in [2.75, 3.05) is 59.7 Å². The van der Waals surface area contributed by atoms with E-state index in [1.54, 1.807) is 7.11 Å². The standard InChI is InChI=1S/C12H23N5O2/c1-18-9-10-19-8-2-3-13-11-16-6-7-17(11)12-14-4-5-15-12/h2-10H2,1H3,(H,13,16)(H,14,15). The van der Waals surface area contributed by atoms with Crippen molar-refractivity contribution in [3.05, 3.63) is 0 Å². The minimum atomic E-state index is 0.652. The van der Waals surface area contributed by atoms with Crippen molar-refractivity contribution in [1.29, 1.82) is 0 Å². The molecule has 19 heavy (non-hydrogen) atoms. The van der Waals surface area contributed by atoms with Crippen LogP contribution in [0.1, 0.15) is 6.42 Å². The molecule has 0 atom stereocenters. The maximum Gasteiger partial charge on any atom is 0.201 e. The number of ether oxygens (including phenoxy) is 2. The highest BCUT2D eigenvalue weighted by atomic mass is 16.5. The Balaban J connectivity index is 1.60. The van der Waals surface area contributed by atoms with E-state index in [-0.39, 0.29) is 0 Å². The number of methoxy groups -OCH3 is 1. The van der Waals surface area contributed by atoms with Crippen LogP contribution in [0.15, 0.2) is 9.98 Å². The van der Waals surface area contributed by atoms with Gasteiger partial charge in [-0.15, -0.1) is 0 Å². The first-order chi connectivity index (χ1) is 9.42. The maximum atomic E-state index is 5.41. The molecular formula is C12H23N5O2. The molecule has 0 saturated carbocycles. The lowest BCUT2D eigenvalue weighted by molar-refractivity contribution is 0.0698. The molecule has 2 heterocycles. The number of nitrogens with one attached hydrogen (secondary N) is 2. The Kier molecular flexibility index (Phi) is 5.90. The highest BCUT2D eigenvalue weighted by molar-refractivity contribution is 6.00. The molecule has 2 aliphatic heterocycles. The quantitative estimate of drug-likeness (QED) is 0.596. The molecule has 2 N–H and O–H groups in total. The van der Waals surface area contributed by atoms with Gasteiger partial charge >= 0.3 is 0 Å². The molecule has 0 fully saturated rings. The van der Waals surface area contributed by atoms with E-state index < -0.39 is 0 Å². The number of hydrogen-bond acceptors (Lipinski definition) is 7. The SMILES string of the molecule is COCCOCCCNC1=NCCN1C1=NCCN1. The molecule has 0 aromatic carbocycles. The summed E-state index contributed by atoms with van der Waals surface area (Å²) in [4.78, 5) is 11.0. The van der Waals surface area contributed by atoms with Gasteiger partial charge in [0.25, 0.3) is 0 Å². The predicted octanol–water partition coefficient (Wildman–Crippen LogP) is -0.740. The van der Waals surface area contributed by atoms with Crippen LogP contribution in [-0.4, -0.2) is 76.5 Å². The number of aliphatic imine (C=N–C) groups is 2. The smallest absolute Gasteiger partial charge is 0.201 e. The van der Waals surface area contributed by atoms with E-state index in [0.717, 1.165) is 57.7 Å². The van der Waals surface area contributed by atoms with Gasteiger partial charge in [-0.2, -0.15) is 0 Å². The molecule has 0 unspecified atom stereocenters. The molecule has 0 spiro atoms. The highest BCUT2D eigenvalue weighted by Crippen LogP contribution is 2.02. The Hall–Kier alpha value is -1.34. The lowest BCUT2D eigenvalue weighted by atomic mass is 10.4. The fourth-order valence-corrected chi connectivity index (χ4v) is 1.99. The zero-order valence-electron chi connectivity index (χ0n) is 11.5. The molecule has 0 amide bonds. The fourth-order valence-electron chi connectivity index (χ4n) is 1.99. The summed E-state index contributed by atoms with van der Waals surface area (Å²) in [7, 11) is 1.68. The summed E-state index contributed by atoms with van der Waals surface area (Å²) in [5.41, 5.74) is 0. The molecule has 7 heteroatoms. The van der Waals surface area contributed by atoms with Crippen molar-refractivity contribution in [2.24, 2.45) is 9.98 Å². The number of guanidine groups is 2. The monoisotopic (exact) mass is 269 g/mol. The van der Waals surface area contributed by atoms with Crippen LogP contribution in [0.25, 0.3) is 0 Å². The maximum absolute atomic E-state index is 5.41. The Bertz CT molecular complexity index is 332. The molecule has 0 saturated heterocycles. The summed E-state index contributed by atoms with van der Waals surface area (Å²) in [6.45, 7) is 6.41. The molecule has 2 aliphatic rings. The Morgan fingerprint density at radius 1 is 1.26 bits per heavy atom. The Morgan fingerprint density at radius 3 is 3.00 bits per heavy atom. The summed E-state index contributed by atoms with van der Waals surface area (Å²) in [6, 6.07) is 0. The number of nitrogens with zero attached hydrogens (tertiary/aromatic N) is 3. The van der Waals surface area contributed by atoms with E-state index >= 15 is 0 Å². The first-order valence-corrected chi connectivity index (χ1v) is 6.82. The zero-order valence-corrected chi connectivity index (χ0v) is 11.5. The second-order valence-corrected chi connectivity index (χ2v) is 4.37. The molecule has 0 aromatic rings. The van der Waals surface area contributed by atoms with Gasteiger partial charge in [0.1, 0.15) is 0 Å². The summed E-state index contributed by atoms with van der Waals surface area (Å²) < 4.78 is 10.3. The molecule has 0 bridgehead atoms. The summed E-state index contributed by atoms with van der Waals surface area (Å²) >= 11 is 0. The van der Waals surface area contributed by atoms with Crippen molar-refractivity contribution < 1.29 is 9.47 Å². The summed E-state index contributed by atoms with van der Waals surface area (Å²) in [5.74, 6) is 1.87. The van der Waals surface area contributed by atoms with Gasteiger partial charge in [0.05, 0.1) is 26.3 Å². The van der Waals surface area contributed by atoms with Crippen molar-refractivity contribution in [1.82, 2.24) is 15.5 Å². The van der Waals surface area contributed by atoms with Gasteiger partial charge < -0.3 is 20.1 Å². The van der Waals surface area contributed by atoms with Crippen molar-refractivity contribution in [2.45, 2.75) is 6.42 Å². The van der Waals surface area contributed by atoms with Gasteiger partial charge in [-0.3, -0.25) is 14.9 Å². The van der Waals surface area contributed by atoms with Gasteiger partial charge in [0, 0.05) is 33.4 Å². The average molecular weight is 269 g/mol. The second kappa shape index (κ2) is 7.96. The third kappa shape index (κ3) is 4.36. The lowest BCUT2D eigenvalue weighted by Crippen LogP contribution is -2.46. The molecule has 7 nitrogen and oxygen atoms in total. The highest BCUT2D eigenvalue weighted by Gasteiger charge is 2.23. The van der Waals surface area contributed by atoms with E-state index in [9.17, 15) is 0 Å². The molecular weight excluding hydrogens is 246 g/mol. The molecule has 108 valence electrons. The average Bonchev–Trinajstić information content (AvgIpc) is 3.08. The summed E-state index contributed by atoms with van der Waals surface area (Å²) in [5, 5.41) is 6.61. The zero-order chi connectivity index (χ0) is 13.3. The second-order valence-electron chi connectivity index (χ2n) is 4.37. The van der Waals surface area contributed by atoms with Crippen molar-refractivity contribution in [3.8, 4) is 0 Å². The number of rotatable bonds is 7. The lowest BCUT2D eigenvalue weighted by Gasteiger charge is -2.20. The van der Waals surface area contributed by atoms with Crippen molar-refractivity contribution >= 4 is 11.9 Å². The van der Waals surface area contributed by atoms with Crippen LogP contribution in [0.4, 0.5) is 0 Å². The predicted molar refractivity (Wildman–Crippen MR) is 74.6 cm³/mol. The first kappa shape index (κ1) is 14.1. The largest absolute Gasteiger partial charge is 0.382 e. The normalized spacial score (nSPS) is 18.3. The van der Waals surface area contributed by atoms with Crippen LogP contribution in [0, 0.1) is 0 Å². The van der Waals surface area contributed by atoms with E-state index in [1.165, 1.54) is 0 Å². The minimum absolute atomic E-state index is 0.652. The third-order valence-corrected chi connectivity index (χ3v) is 2.93.